The smallest absolute Gasteiger partial charge is 0.0147 e. The highest BCUT2D eigenvalue weighted by molar-refractivity contribution is 5.71. The standard InChI is InChI=1S/C18H22/c1-4-5-11-16-15(3)10-8-13-18(16)17-12-7-6-9-14(17)2/h6-10,12-13H,4-5,11H2,1-3H3. The van der Waals surface area contributed by atoms with E-state index < -0.39 is 0 Å². The van der Waals surface area contributed by atoms with Gasteiger partial charge in [0.2, 0.25) is 0 Å². The van der Waals surface area contributed by atoms with E-state index in [2.05, 4.69) is 63.2 Å². The van der Waals surface area contributed by atoms with Crippen LogP contribution in [0.1, 0.15) is 36.5 Å². The average Bonchev–Trinajstić information content (AvgIpc) is 2.38. The second-order valence-corrected chi connectivity index (χ2v) is 5.02. The molecule has 0 heteroatoms. The normalized spacial score (nSPS) is 10.6. The number of hydrogen-bond acceptors (Lipinski definition) is 0. The maximum Gasteiger partial charge on any atom is -0.0147 e. The molecule has 0 aromatic heterocycles. The largest absolute Gasteiger partial charge is 0.0654 e. The fraction of sp³-hybridized carbons (Fsp3) is 0.333. The van der Waals surface area contributed by atoms with E-state index in [1.54, 1.807) is 0 Å². The van der Waals surface area contributed by atoms with Gasteiger partial charge in [0.15, 0.2) is 0 Å². The minimum absolute atomic E-state index is 1.19. The van der Waals surface area contributed by atoms with Gasteiger partial charge in [-0.05, 0) is 54.5 Å². The predicted octanol–water partition coefficient (Wildman–Crippen LogP) is 5.31. The fourth-order valence-corrected chi connectivity index (χ4v) is 2.52. The van der Waals surface area contributed by atoms with Crippen molar-refractivity contribution >= 4 is 0 Å². The molecule has 0 aliphatic heterocycles. The molecule has 0 heterocycles. The van der Waals surface area contributed by atoms with E-state index in [0.717, 1.165) is 0 Å². The lowest BCUT2D eigenvalue weighted by atomic mass is 9.91. The zero-order chi connectivity index (χ0) is 13.0. The van der Waals surface area contributed by atoms with E-state index in [9.17, 15) is 0 Å². The van der Waals surface area contributed by atoms with Crippen LogP contribution in [-0.2, 0) is 6.42 Å². The molecule has 2 aromatic rings. The van der Waals surface area contributed by atoms with Gasteiger partial charge in [-0.1, -0.05) is 55.8 Å². The van der Waals surface area contributed by atoms with Crippen molar-refractivity contribution < 1.29 is 0 Å². The van der Waals surface area contributed by atoms with Crippen molar-refractivity contribution in [3.63, 3.8) is 0 Å². The van der Waals surface area contributed by atoms with Gasteiger partial charge in [0.25, 0.3) is 0 Å². The van der Waals surface area contributed by atoms with E-state index in [-0.39, 0.29) is 0 Å². The minimum atomic E-state index is 1.19. The second kappa shape index (κ2) is 5.86. The van der Waals surface area contributed by atoms with Crippen molar-refractivity contribution in [2.24, 2.45) is 0 Å². The molecule has 0 unspecified atom stereocenters. The molecular weight excluding hydrogens is 216 g/mol. The summed E-state index contributed by atoms with van der Waals surface area (Å²) in [4.78, 5) is 0. The Bertz CT molecular complexity index is 523. The first-order valence-electron chi connectivity index (χ1n) is 6.88. The average molecular weight is 238 g/mol. The molecule has 0 bridgehead atoms. The number of benzene rings is 2. The molecule has 0 N–H and O–H groups in total. The van der Waals surface area contributed by atoms with E-state index in [0.29, 0.717) is 0 Å². The summed E-state index contributed by atoms with van der Waals surface area (Å²) < 4.78 is 0. The van der Waals surface area contributed by atoms with E-state index >= 15 is 0 Å². The molecule has 2 aromatic carbocycles. The molecule has 0 aliphatic rings. The first-order chi connectivity index (χ1) is 8.74. The van der Waals surface area contributed by atoms with Crippen molar-refractivity contribution in [1.29, 1.82) is 0 Å². The van der Waals surface area contributed by atoms with Crippen LogP contribution in [0.4, 0.5) is 0 Å². The summed E-state index contributed by atoms with van der Waals surface area (Å²) in [6.07, 6.45) is 3.71. The van der Waals surface area contributed by atoms with Crippen LogP contribution in [0.5, 0.6) is 0 Å². The molecule has 0 saturated heterocycles. The molecule has 0 saturated carbocycles. The molecule has 0 fully saturated rings. The van der Waals surface area contributed by atoms with Crippen LogP contribution in [0.15, 0.2) is 42.5 Å². The van der Waals surface area contributed by atoms with Crippen LogP contribution in [0.2, 0.25) is 0 Å². The highest BCUT2D eigenvalue weighted by atomic mass is 14.1. The van der Waals surface area contributed by atoms with Crippen LogP contribution in [0.25, 0.3) is 11.1 Å². The third kappa shape index (κ3) is 2.64. The first kappa shape index (κ1) is 12.9. The molecule has 0 nitrogen and oxygen atoms in total. The van der Waals surface area contributed by atoms with Gasteiger partial charge in [0, 0.05) is 0 Å². The molecule has 0 atom stereocenters. The highest BCUT2D eigenvalue weighted by Gasteiger charge is 2.08. The van der Waals surface area contributed by atoms with Gasteiger partial charge in [0.1, 0.15) is 0 Å². The highest BCUT2D eigenvalue weighted by Crippen LogP contribution is 2.29. The number of aryl methyl sites for hydroxylation is 2. The Balaban J connectivity index is 2.50. The Hall–Kier alpha value is -1.56. The molecule has 2 rings (SSSR count). The molecular formula is C18H22. The maximum absolute atomic E-state index is 2.26. The topological polar surface area (TPSA) is 0 Å². The summed E-state index contributed by atoms with van der Waals surface area (Å²) in [7, 11) is 0. The minimum Gasteiger partial charge on any atom is -0.0654 e. The van der Waals surface area contributed by atoms with E-state index in [1.165, 1.54) is 47.1 Å². The Morgan fingerprint density at radius 2 is 1.44 bits per heavy atom. The van der Waals surface area contributed by atoms with Crippen molar-refractivity contribution in [3.8, 4) is 11.1 Å². The molecule has 18 heavy (non-hydrogen) atoms. The monoisotopic (exact) mass is 238 g/mol. The lowest BCUT2D eigenvalue weighted by Crippen LogP contribution is -1.95. The summed E-state index contributed by atoms with van der Waals surface area (Å²) in [6, 6.07) is 15.3. The van der Waals surface area contributed by atoms with Crippen LogP contribution in [-0.4, -0.2) is 0 Å². The zero-order valence-electron chi connectivity index (χ0n) is 11.7. The van der Waals surface area contributed by atoms with Gasteiger partial charge in [0.05, 0.1) is 0 Å². The summed E-state index contributed by atoms with van der Waals surface area (Å²) >= 11 is 0. The SMILES string of the molecule is CCCCc1c(C)cccc1-c1ccccc1C. The molecule has 0 radical (unpaired) electrons. The van der Waals surface area contributed by atoms with Crippen molar-refractivity contribution in [1.82, 2.24) is 0 Å². The first-order valence-corrected chi connectivity index (χ1v) is 6.88. The third-order valence-electron chi connectivity index (χ3n) is 3.63. The van der Waals surface area contributed by atoms with Crippen molar-refractivity contribution in [2.45, 2.75) is 40.0 Å². The van der Waals surface area contributed by atoms with Gasteiger partial charge in [-0.2, -0.15) is 0 Å². The Morgan fingerprint density at radius 3 is 2.17 bits per heavy atom. The van der Waals surface area contributed by atoms with Crippen molar-refractivity contribution in [2.75, 3.05) is 0 Å². The molecule has 94 valence electrons. The molecule has 0 aliphatic carbocycles. The maximum atomic E-state index is 2.26. The summed E-state index contributed by atoms with van der Waals surface area (Å²) in [5, 5.41) is 0. The van der Waals surface area contributed by atoms with Gasteiger partial charge >= 0.3 is 0 Å². The van der Waals surface area contributed by atoms with Crippen LogP contribution in [0, 0.1) is 13.8 Å². The predicted molar refractivity (Wildman–Crippen MR) is 80.0 cm³/mol. The lowest BCUT2D eigenvalue weighted by molar-refractivity contribution is 0.792. The molecule has 0 spiro atoms. The fourth-order valence-electron chi connectivity index (χ4n) is 2.52. The summed E-state index contributed by atoms with van der Waals surface area (Å²) in [5.41, 5.74) is 7.10. The van der Waals surface area contributed by atoms with Gasteiger partial charge in [-0.3, -0.25) is 0 Å². The van der Waals surface area contributed by atoms with Crippen LogP contribution in [0.3, 0.4) is 0 Å². The van der Waals surface area contributed by atoms with Gasteiger partial charge in [-0.25, -0.2) is 0 Å². The van der Waals surface area contributed by atoms with E-state index in [4.69, 9.17) is 0 Å². The number of unbranched alkanes of at least 4 members (excludes halogenated alkanes) is 1. The lowest BCUT2D eigenvalue weighted by Gasteiger charge is -2.14. The Morgan fingerprint density at radius 1 is 0.778 bits per heavy atom. The summed E-state index contributed by atoms with van der Waals surface area (Å²) in [5.74, 6) is 0. The van der Waals surface area contributed by atoms with Gasteiger partial charge < -0.3 is 0 Å². The van der Waals surface area contributed by atoms with Crippen LogP contribution < -0.4 is 0 Å². The number of rotatable bonds is 4. The number of hydrogen-bond donors (Lipinski definition) is 0. The third-order valence-corrected chi connectivity index (χ3v) is 3.63. The van der Waals surface area contributed by atoms with E-state index in [1.807, 2.05) is 0 Å². The zero-order valence-corrected chi connectivity index (χ0v) is 11.7. The van der Waals surface area contributed by atoms with Crippen LogP contribution >= 0.6 is 0 Å². The second-order valence-electron chi connectivity index (χ2n) is 5.02. The quantitative estimate of drug-likeness (QED) is 0.677. The Kier molecular flexibility index (Phi) is 4.19. The van der Waals surface area contributed by atoms with Crippen molar-refractivity contribution in [3.05, 3.63) is 59.2 Å². The summed E-state index contributed by atoms with van der Waals surface area (Å²) in [6.45, 7) is 6.68. The Labute approximate surface area is 111 Å². The van der Waals surface area contributed by atoms with Gasteiger partial charge in [-0.15, -0.1) is 0 Å². The molecule has 0 amide bonds.